The molecule has 2 N–H and O–H groups in total. The average Bonchev–Trinajstić information content (AvgIpc) is 2.92. The summed E-state index contributed by atoms with van der Waals surface area (Å²) in [6.45, 7) is 1.05. The van der Waals surface area contributed by atoms with Crippen molar-refractivity contribution in [2.75, 3.05) is 13.6 Å². The molecular formula is C13H17N3S. The Labute approximate surface area is 105 Å². The van der Waals surface area contributed by atoms with E-state index in [9.17, 15) is 0 Å². The fourth-order valence-electron chi connectivity index (χ4n) is 2.54. The first-order valence-corrected chi connectivity index (χ1v) is 6.96. The Morgan fingerprint density at radius 1 is 1.53 bits per heavy atom. The Morgan fingerprint density at radius 2 is 2.41 bits per heavy atom. The number of aromatic amines is 1. The number of nitrogens with one attached hydrogen (secondary N) is 2. The van der Waals surface area contributed by atoms with E-state index in [0.717, 1.165) is 12.2 Å². The van der Waals surface area contributed by atoms with Crippen LogP contribution >= 0.6 is 11.3 Å². The summed E-state index contributed by atoms with van der Waals surface area (Å²) in [6.07, 6.45) is 7.83. The third-order valence-corrected chi connectivity index (χ3v) is 4.77. The number of H-pyrrole nitrogens is 1. The van der Waals surface area contributed by atoms with Crippen LogP contribution in [0, 0.1) is 0 Å². The maximum atomic E-state index is 4.82. The van der Waals surface area contributed by atoms with Crippen LogP contribution in [0.1, 0.15) is 24.3 Å². The van der Waals surface area contributed by atoms with E-state index in [1.807, 2.05) is 19.4 Å². The highest BCUT2D eigenvalue weighted by Gasteiger charge is 2.40. The second-order valence-electron chi connectivity index (χ2n) is 4.80. The Kier molecular flexibility index (Phi) is 2.76. The Hall–Kier alpha value is -1.13. The zero-order valence-electron chi connectivity index (χ0n) is 9.99. The summed E-state index contributed by atoms with van der Waals surface area (Å²) < 4.78 is 0. The molecule has 0 bridgehead atoms. The first-order valence-electron chi connectivity index (χ1n) is 6.08. The lowest BCUT2D eigenvalue weighted by molar-refractivity contribution is 0.238. The standard InChI is InChI=1S/C13H17N3S/c1-14-9-13(4-2-5-13)12-16-11(8-17-12)10-3-6-15-7-10/h3,6-8,14-15H,2,4-5,9H2,1H3. The van der Waals surface area contributed by atoms with Crippen molar-refractivity contribution in [3.05, 3.63) is 28.8 Å². The van der Waals surface area contributed by atoms with Gasteiger partial charge in [0.15, 0.2) is 0 Å². The topological polar surface area (TPSA) is 40.7 Å². The predicted molar refractivity (Wildman–Crippen MR) is 71.4 cm³/mol. The van der Waals surface area contributed by atoms with E-state index in [1.165, 1.54) is 29.8 Å². The molecule has 3 nitrogen and oxygen atoms in total. The van der Waals surface area contributed by atoms with Crippen molar-refractivity contribution in [3.63, 3.8) is 0 Å². The van der Waals surface area contributed by atoms with Gasteiger partial charge in [0, 0.05) is 35.3 Å². The van der Waals surface area contributed by atoms with Gasteiger partial charge in [-0.2, -0.15) is 0 Å². The van der Waals surface area contributed by atoms with E-state index in [2.05, 4.69) is 21.7 Å². The quantitative estimate of drug-likeness (QED) is 0.872. The second-order valence-corrected chi connectivity index (χ2v) is 5.66. The minimum atomic E-state index is 0.313. The fourth-order valence-corrected chi connectivity index (χ4v) is 3.63. The Balaban J connectivity index is 1.89. The van der Waals surface area contributed by atoms with Gasteiger partial charge < -0.3 is 10.3 Å². The van der Waals surface area contributed by atoms with Crippen LogP contribution in [-0.2, 0) is 5.41 Å². The largest absolute Gasteiger partial charge is 0.367 e. The number of rotatable bonds is 4. The summed E-state index contributed by atoms with van der Waals surface area (Å²) in [5.74, 6) is 0. The third kappa shape index (κ3) is 1.81. The van der Waals surface area contributed by atoms with E-state index in [-0.39, 0.29) is 0 Å². The van der Waals surface area contributed by atoms with Crippen LogP contribution in [0.15, 0.2) is 23.8 Å². The van der Waals surface area contributed by atoms with E-state index < -0.39 is 0 Å². The minimum Gasteiger partial charge on any atom is -0.367 e. The van der Waals surface area contributed by atoms with Gasteiger partial charge in [-0.25, -0.2) is 4.98 Å². The van der Waals surface area contributed by atoms with Gasteiger partial charge >= 0.3 is 0 Å². The summed E-state index contributed by atoms with van der Waals surface area (Å²) in [5, 5.41) is 6.79. The van der Waals surface area contributed by atoms with Crippen molar-refractivity contribution < 1.29 is 0 Å². The lowest BCUT2D eigenvalue weighted by Crippen LogP contribution is -2.42. The molecule has 90 valence electrons. The maximum Gasteiger partial charge on any atom is 0.101 e. The molecule has 0 radical (unpaired) electrons. The van der Waals surface area contributed by atoms with Gasteiger partial charge in [0.25, 0.3) is 0 Å². The van der Waals surface area contributed by atoms with Crippen molar-refractivity contribution in [1.29, 1.82) is 0 Å². The highest BCUT2D eigenvalue weighted by atomic mass is 32.1. The van der Waals surface area contributed by atoms with Crippen LogP contribution in [0.25, 0.3) is 11.3 Å². The van der Waals surface area contributed by atoms with Crippen LogP contribution in [-0.4, -0.2) is 23.6 Å². The molecule has 2 aromatic heterocycles. The molecular weight excluding hydrogens is 230 g/mol. The Bertz CT molecular complexity index is 482. The van der Waals surface area contributed by atoms with Crippen molar-refractivity contribution in [2.24, 2.45) is 0 Å². The van der Waals surface area contributed by atoms with Crippen LogP contribution in [0.4, 0.5) is 0 Å². The summed E-state index contributed by atoms with van der Waals surface area (Å²) in [6, 6.07) is 2.07. The number of hydrogen-bond acceptors (Lipinski definition) is 3. The molecule has 2 heterocycles. The normalized spacial score (nSPS) is 17.9. The third-order valence-electron chi connectivity index (χ3n) is 3.68. The molecule has 0 spiro atoms. The zero-order chi connectivity index (χ0) is 11.7. The van der Waals surface area contributed by atoms with E-state index in [0.29, 0.717) is 5.41 Å². The molecule has 0 aliphatic heterocycles. The molecule has 1 aliphatic rings. The average molecular weight is 247 g/mol. The lowest BCUT2D eigenvalue weighted by atomic mass is 9.69. The van der Waals surface area contributed by atoms with Crippen LogP contribution in [0.3, 0.4) is 0 Å². The van der Waals surface area contributed by atoms with Gasteiger partial charge in [0.05, 0.1) is 5.69 Å². The zero-order valence-corrected chi connectivity index (χ0v) is 10.8. The van der Waals surface area contributed by atoms with Crippen LogP contribution < -0.4 is 5.32 Å². The summed E-state index contributed by atoms with van der Waals surface area (Å²) in [4.78, 5) is 7.91. The Morgan fingerprint density at radius 3 is 3.00 bits per heavy atom. The van der Waals surface area contributed by atoms with Gasteiger partial charge in [0.2, 0.25) is 0 Å². The number of aromatic nitrogens is 2. The summed E-state index contributed by atoms with van der Waals surface area (Å²) >= 11 is 1.81. The van der Waals surface area contributed by atoms with Gasteiger partial charge in [-0.3, -0.25) is 0 Å². The predicted octanol–water partition coefficient (Wildman–Crippen LogP) is 2.78. The first kappa shape index (κ1) is 11.0. The molecule has 3 rings (SSSR count). The molecule has 4 heteroatoms. The van der Waals surface area contributed by atoms with Crippen molar-refractivity contribution in [2.45, 2.75) is 24.7 Å². The fraction of sp³-hybridized carbons (Fsp3) is 0.462. The molecule has 1 aliphatic carbocycles. The smallest absolute Gasteiger partial charge is 0.101 e. The number of likely N-dealkylation sites (N-methyl/N-ethyl adjacent to an activating group) is 1. The molecule has 0 amide bonds. The van der Waals surface area contributed by atoms with Crippen molar-refractivity contribution in [1.82, 2.24) is 15.3 Å². The van der Waals surface area contributed by atoms with Crippen molar-refractivity contribution >= 4 is 11.3 Å². The highest BCUT2D eigenvalue weighted by molar-refractivity contribution is 7.10. The van der Waals surface area contributed by atoms with E-state index >= 15 is 0 Å². The molecule has 2 aromatic rings. The molecule has 1 fully saturated rings. The van der Waals surface area contributed by atoms with Gasteiger partial charge in [-0.1, -0.05) is 6.42 Å². The SMILES string of the molecule is CNCC1(c2nc(-c3cc[nH]c3)cs2)CCC1. The van der Waals surface area contributed by atoms with Crippen LogP contribution in [0.2, 0.25) is 0 Å². The summed E-state index contributed by atoms with van der Waals surface area (Å²) in [7, 11) is 2.03. The monoisotopic (exact) mass is 247 g/mol. The molecule has 1 saturated carbocycles. The van der Waals surface area contributed by atoms with Crippen molar-refractivity contribution in [3.8, 4) is 11.3 Å². The minimum absolute atomic E-state index is 0.313. The second kappa shape index (κ2) is 4.27. The maximum absolute atomic E-state index is 4.82. The summed E-state index contributed by atoms with van der Waals surface area (Å²) in [5.41, 5.74) is 2.61. The number of thiazole rings is 1. The molecule has 17 heavy (non-hydrogen) atoms. The molecule has 0 atom stereocenters. The number of nitrogens with zero attached hydrogens (tertiary/aromatic N) is 1. The molecule has 0 unspecified atom stereocenters. The van der Waals surface area contributed by atoms with E-state index in [4.69, 9.17) is 4.98 Å². The van der Waals surface area contributed by atoms with E-state index in [1.54, 1.807) is 11.3 Å². The highest BCUT2D eigenvalue weighted by Crippen LogP contribution is 2.45. The first-order chi connectivity index (χ1) is 8.34. The molecule has 0 saturated heterocycles. The molecule has 0 aromatic carbocycles. The van der Waals surface area contributed by atoms with Gasteiger partial charge in [-0.05, 0) is 26.0 Å². The number of hydrogen-bond donors (Lipinski definition) is 2. The lowest BCUT2D eigenvalue weighted by Gasteiger charge is -2.40. The van der Waals surface area contributed by atoms with Crippen LogP contribution in [0.5, 0.6) is 0 Å². The van der Waals surface area contributed by atoms with Gasteiger partial charge in [0.1, 0.15) is 5.01 Å². The van der Waals surface area contributed by atoms with Gasteiger partial charge in [-0.15, -0.1) is 11.3 Å².